The van der Waals surface area contributed by atoms with Crippen LogP contribution in [0.2, 0.25) is 105 Å². The molecule has 0 aromatic heterocycles. The first kappa shape index (κ1) is 79.5. The molecule has 4 fully saturated rings. The van der Waals surface area contributed by atoms with Crippen molar-refractivity contribution in [2.24, 2.45) is 0 Å². The van der Waals surface area contributed by atoms with Gasteiger partial charge in [-0.05, 0) is 105 Å². The van der Waals surface area contributed by atoms with E-state index in [1.165, 1.54) is 78.6 Å². The largest absolute Gasteiger partial charge is 0.662 e. The molecule has 0 amide bonds. The maximum Gasteiger partial charge on any atom is 0.662 e. The van der Waals surface area contributed by atoms with Crippen molar-refractivity contribution in [3.63, 3.8) is 0 Å². The molecular weight excluding hydrogens is 1420 g/mol. The Bertz CT molecular complexity index is 1950. The third kappa shape index (κ3) is 25.0. The van der Waals surface area contributed by atoms with Crippen molar-refractivity contribution < 1.29 is 159 Å². The summed E-state index contributed by atoms with van der Waals surface area (Å²) in [5.41, 5.74) is 0. The van der Waals surface area contributed by atoms with Crippen molar-refractivity contribution in [1.29, 1.82) is 0 Å². The van der Waals surface area contributed by atoms with Crippen LogP contribution in [0.1, 0.15) is 0 Å². The van der Waals surface area contributed by atoms with E-state index in [2.05, 4.69) is 0 Å². The van der Waals surface area contributed by atoms with Crippen LogP contribution in [0.5, 0.6) is 0 Å². The van der Waals surface area contributed by atoms with Crippen LogP contribution >= 0.6 is 0 Å². The lowest BCUT2D eigenvalue weighted by atomic mass is 10.8. The van der Waals surface area contributed by atoms with Gasteiger partial charge in [0.1, 0.15) is 10.5 Å². The smallest absolute Gasteiger partial charge is 0.404 e. The Morgan fingerprint density at radius 2 is 0.471 bits per heavy atom. The average molecular weight is 1510 g/mol. The molecule has 0 radical (unpaired) electrons. The number of hydrogen-bond acceptors (Lipinski definition) is 36. The Morgan fingerprint density at radius 1 is 0.282 bits per heavy atom. The fraction of sp³-hybridized carbons (Fsp3) is 1.00. The third-order valence-electron chi connectivity index (χ3n) is 10.3. The van der Waals surface area contributed by atoms with Gasteiger partial charge in [0.15, 0.2) is 0 Å². The monoisotopic (exact) mass is 1510 g/mol. The van der Waals surface area contributed by atoms with E-state index >= 15 is 0 Å². The summed E-state index contributed by atoms with van der Waals surface area (Å²) in [7, 11) is -73.9. The van der Waals surface area contributed by atoms with E-state index in [0.717, 1.165) is 0 Å². The second-order valence-electron chi connectivity index (χ2n) is 21.8. The van der Waals surface area contributed by atoms with Crippen molar-refractivity contribution in [3.05, 3.63) is 0 Å². The Labute approximate surface area is 515 Å². The molecule has 36 nitrogen and oxygen atoms in total. The van der Waals surface area contributed by atoms with Gasteiger partial charge in [-0.25, -0.2) is 0 Å². The van der Waals surface area contributed by atoms with Crippen LogP contribution in [0.4, 0.5) is 0 Å². The maximum absolute atomic E-state index is 10.2. The van der Waals surface area contributed by atoms with E-state index in [9.17, 15) is 40.9 Å². The van der Waals surface area contributed by atoms with Gasteiger partial charge in [0, 0.05) is 0 Å². The summed E-state index contributed by atoms with van der Waals surface area (Å²) in [6, 6.07) is 0. The molecule has 4 aliphatic heterocycles. The molecule has 0 aromatic carbocycles. The summed E-state index contributed by atoms with van der Waals surface area (Å²) in [6.07, 6.45) is 0. The Hall–Kier alpha value is 2.03. The van der Waals surface area contributed by atoms with Crippen LogP contribution in [0.25, 0.3) is 0 Å². The first-order valence-electron chi connectivity index (χ1n) is 26.9. The summed E-state index contributed by atoms with van der Waals surface area (Å²) < 4.78 is 192. The van der Waals surface area contributed by atoms with Gasteiger partial charge in [-0.1, -0.05) is 0 Å². The minimum absolute atomic E-state index is 0.263. The van der Waals surface area contributed by atoms with Crippen LogP contribution in [0.15, 0.2) is 0 Å². The van der Waals surface area contributed by atoms with E-state index in [4.69, 9.17) is 119 Å². The van der Waals surface area contributed by atoms with Crippen LogP contribution in [-0.4, -0.2) is 295 Å². The molecule has 4 heterocycles. The van der Waals surface area contributed by atoms with Crippen molar-refractivity contribution in [1.82, 2.24) is 0 Å². The van der Waals surface area contributed by atoms with Gasteiger partial charge in [0.25, 0.3) is 6.48 Å². The lowest BCUT2D eigenvalue weighted by Crippen LogP contribution is -2.89. The molecule has 0 aliphatic carbocycles. The molecule has 85 heavy (non-hydrogen) atoms. The highest BCUT2D eigenvalue weighted by atomic mass is 28.7. The molecule has 504 valence electrons. The van der Waals surface area contributed by atoms with E-state index in [1.807, 2.05) is 0 Å². The van der Waals surface area contributed by atoms with Crippen molar-refractivity contribution in [2.45, 2.75) is 111 Å². The summed E-state index contributed by atoms with van der Waals surface area (Å²) in [5, 5.41) is 81.3. The van der Waals surface area contributed by atoms with Gasteiger partial charge in [-0.15, -0.1) is 0 Å². The second kappa shape index (κ2) is 32.2. The van der Waals surface area contributed by atoms with E-state index in [-0.39, 0.29) is 63.3 Å². The number of hydrogen-bond donors (Lipinski definition) is 8. The SMILES string of the molecule is C[Si](C)(OCCO)OC1O[Si]2(O[Si](C)(C)OCCO)O[Si]3(O[Si](C)(C)OCCO)O[Si](O[SiH3])(O[Si](C)(C)OCCO)O[Si]4(O[Si](C)(C)OCCO)O[Si](O[Si](C)(C)OCCO)(O1)O[Si](O[Si](C)(C)OCCO)(O2)O[Si](O[Si](C)(C)OCCO)(O3)O4. The fourth-order valence-corrected chi connectivity index (χ4v) is 65.6. The molecule has 4 aliphatic rings. The molecule has 4 atom stereocenters. The summed E-state index contributed by atoms with van der Waals surface area (Å²) >= 11 is 0. The van der Waals surface area contributed by atoms with Gasteiger partial charge in [-0.3, -0.25) is 0 Å². The van der Waals surface area contributed by atoms with E-state index < -0.39 is 191 Å². The topological polar surface area (TPSA) is 420 Å². The average Bonchev–Trinajstić information content (AvgIpc) is 0.796. The summed E-state index contributed by atoms with van der Waals surface area (Å²) in [4.78, 5) is 0. The van der Waals surface area contributed by atoms with Crippen LogP contribution in [0, 0.1) is 0 Å². The normalized spacial score (nSPS) is 30.3. The molecule has 6 bridgehead atoms. The minimum Gasteiger partial charge on any atom is -0.404 e. The zero-order chi connectivity index (χ0) is 64.2. The zero-order valence-corrected chi connectivity index (χ0v) is 68.4. The molecule has 0 aromatic rings. The van der Waals surface area contributed by atoms with Crippen LogP contribution in [-0.2, 0) is 119 Å². The molecule has 4 unspecified atom stereocenters. The highest BCUT2D eigenvalue weighted by Gasteiger charge is 2.89. The highest BCUT2D eigenvalue weighted by Crippen LogP contribution is 2.50. The molecule has 8 N–H and O–H groups in total. The van der Waals surface area contributed by atoms with Crippen molar-refractivity contribution in [3.8, 4) is 0 Å². The van der Waals surface area contributed by atoms with Crippen molar-refractivity contribution >= 4 is 142 Å². The highest BCUT2D eigenvalue weighted by molar-refractivity contribution is 6.99. The first-order chi connectivity index (χ1) is 39.1. The Balaban J connectivity index is 2.53. The number of rotatable bonds is 41. The molecular formula is C33H92O36Si16. The predicted octanol–water partition coefficient (Wildman–Crippen LogP) is -3.33. The van der Waals surface area contributed by atoms with Gasteiger partial charge < -0.3 is 159 Å². The molecule has 0 saturated carbocycles. The zero-order valence-electron chi connectivity index (χ0n) is 51.4. The van der Waals surface area contributed by atoms with Gasteiger partial charge in [0.05, 0.1) is 106 Å². The lowest BCUT2D eigenvalue weighted by Gasteiger charge is -2.57. The Kier molecular flexibility index (Phi) is 30.1. The predicted molar refractivity (Wildman–Crippen MR) is 320 cm³/mol. The van der Waals surface area contributed by atoms with Crippen molar-refractivity contribution in [2.75, 3.05) is 106 Å². The number of aliphatic hydroxyl groups excluding tert-OH is 8. The molecule has 4 rings (SSSR count). The van der Waals surface area contributed by atoms with Crippen LogP contribution < -0.4 is 0 Å². The van der Waals surface area contributed by atoms with Gasteiger partial charge in [-0.2, -0.15) is 0 Å². The maximum atomic E-state index is 10.2. The molecule has 0 spiro atoms. The first-order valence-corrected chi connectivity index (χ1v) is 61.7. The molecule has 52 heteroatoms. The van der Waals surface area contributed by atoms with Gasteiger partial charge in [0.2, 0.25) is 0 Å². The quantitative estimate of drug-likeness (QED) is 0.0278. The lowest BCUT2D eigenvalue weighted by molar-refractivity contribution is -0.240. The second-order valence-corrected chi connectivity index (χ2v) is 68.9. The van der Waals surface area contributed by atoms with E-state index in [1.54, 1.807) is 26.2 Å². The number of fused-ring (bicyclic) bond motifs is 4. The van der Waals surface area contributed by atoms with Crippen LogP contribution in [0.3, 0.4) is 0 Å². The minimum atomic E-state index is -6.03. The Morgan fingerprint density at radius 3 is 0.694 bits per heavy atom. The van der Waals surface area contributed by atoms with E-state index in [0.29, 0.717) is 0 Å². The fourth-order valence-electron chi connectivity index (χ4n) is 7.55. The third-order valence-corrected chi connectivity index (χ3v) is 60.0. The number of aliphatic hydroxyl groups is 8. The summed E-state index contributed by atoms with van der Waals surface area (Å²) in [5.74, 6) is 0. The van der Waals surface area contributed by atoms with Gasteiger partial charge >= 0.3 is 132 Å². The summed E-state index contributed by atoms with van der Waals surface area (Å²) in [6.45, 7) is 15.5. The molecule has 4 saturated heterocycles. The standard InChI is InChI=1S/C33H92O36Si16/c1-71(2,42-25-17-34)50-33-51-79(54-72(3,4)43-26-18-35)61-82(57-75(9,10)46-29-21-38)62-80(52-33,55-73(5,6)44-27-19-36)64-84(59-77(13,14)48-31-23-40)66-81(53-70,56-74(7,8)45-28-20-37)65-83(63-79,58-76(11,12)47-30-22-39)68-85(67-82,69-84)60-78(15,16)49-32-24-41/h33-41H,17-32H2,1-16,70H3.